The second kappa shape index (κ2) is 5.22. The number of rotatable bonds is 4. The standard InChI is InChI=1S/C10H13N3/c1-2-3-6-9-7-4-5-8-10(9)12-13-11/h4-5,7-8H,2-3,6H2,1H3. The molecule has 0 atom stereocenters. The summed E-state index contributed by atoms with van der Waals surface area (Å²) >= 11 is 0. The molecule has 3 heteroatoms. The molecule has 0 aliphatic heterocycles. The summed E-state index contributed by atoms with van der Waals surface area (Å²) < 4.78 is 0. The van der Waals surface area contributed by atoms with Gasteiger partial charge in [-0.25, -0.2) is 0 Å². The van der Waals surface area contributed by atoms with Gasteiger partial charge in [-0.15, -0.1) is 0 Å². The van der Waals surface area contributed by atoms with Gasteiger partial charge in [0.2, 0.25) is 0 Å². The van der Waals surface area contributed by atoms with Crippen molar-refractivity contribution < 1.29 is 0 Å². The summed E-state index contributed by atoms with van der Waals surface area (Å²) in [5.74, 6) is 0. The highest BCUT2D eigenvalue weighted by Crippen LogP contribution is 2.20. The maximum Gasteiger partial charge on any atom is 0.0407 e. The zero-order valence-electron chi connectivity index (χ0n) is 7.77. The first-order chi connectivity index (χ1) is 6.38. The summed E-state index contributed by atoms with van der Waals surface area (Å²) in [5.41, 5.74) is 10.2. The summed E-state index contributed by atoms with van der Waals surface area (Å²) in [6.07, 6.45) is 3.29. The third-order valence-corrected chi connectivity index (χ3v) is 1.94. The Morgan fingerprint density at radius 2 is 2.15 bits per heavy atom. The number of azide groups is 1. The van der Waals surface area contributed by atoms with Crippen LogP contribution in [-0.2, 0) is 6.42 Å². The summed E-state index contributed by atoms with van der Waals surface area (Å²) in [6.45, 7) is 2.15. The van der Waals surface area contributed by atoms with Gasteiger partial charge in [-0.3, -0.25) is 0 Å². The first kappa shape index (κ1) is 9.62. The van der Waals surface area contributed by atoms with Crippen LogP contribution in [0.1, 0.15) is 25.3 Å². The number of benzene rings is 1. The van der Waals surface area contributed by atoms with E-state index >= 15 is 0 Å². The van der Waals surface area contributed by atoms with Crippen molar-refractivity contribution in [2.24, 2.45) is 5.11 Å². The average Bonchev–Trinajstić information content (AvgIpc) is 2.17. The lowest BCUT2D eigenvalue weighted by atomic mass is 10.1. The molecule has 0 fully saturated rings. The van der Waals surface area contributed by atoms with Gasteiger partial charge in [0.25, 0.3) is 0 Å². The van der Waals surface area contributed by atoms with Crippen LogP contribution in [0.2, 0.25) is 0 Å². The van der Waals surface area contributed by atoms with Crippen LogP contribution in [0.3, 0.4) is 0 Å². The second-order valence-corrected chi connectivity index (χ2v) is 2.92. The van der Waals surface area contributed by atoms with E-state index in [1.54, 1.807) is 0 Å². The Bertz CT molecular complexity index is 314. The molecule has 0 radical (unpaired) electrons. The Morgan fingerprint density at radius 1 is 1.38 bits per heavy atom. The summed E-state index contributed by atoms with van der Waals surface area (Å²) in [6, 6.07) is 7.73. The van der Waals surface area contributed by atoms with Crippen LogP contribution in [0.4, 0.5) is 5.69 Å². The Labute approximate surface area is 78.0 Å². The molecule has 0 saturated heterocycles. The molecule has 13 heavy (non-hydrogen) atoms. The van der Waals surface area contributed by atoms with Gasteiger partial charge < -0.3 is 0 Å². The van der Waals surface area contributed by atoms with Crippen molar-refractivity contribution in [3.8, 4) is 0 Å². The molecule has 0 amide bonds. The van der Waals surface area contributed by atoms with Crippen LogP contribution in [-0.4, -0.2) is 0 Å². The Balaban J connectivity index is 2.84. The topological polar surface area (TPSA) is 48.8 Å². The van der Waals surface area contributed by atoms with Crippen molar-refractivity contribution in [2.75, 3.05) is 0 Å². The van der Waals surface area contributed by atoms with E-state index in [4.69, 9.17) is 5.53 Å². The molecular formula is C10H13N3. The van der Waals surface area contributed by atoms with E-state index in [-0.39, 0.29) is 0 Å². The van der Waals surface area contributed by atoms with E-state index in [1.165, 1.54) is 0 Å². The smallest absolute Gasteiger partial charge is 0.0407 e. The van der Waals surface area contributed by atoms with Crippen LogP contribution in [0.15, 0.2) is 29.4 Å². The highest BCUT2D eigenvalue weighted by molar-refractivity contribution is 5.45. The SMILES string of the molecule is CCCCc1ccccc1N=[N+]=[N-]. The predicted octanol–water partition coefficient (Wildman–Crippen LogP) is 3.97. The molecule has 1 aromatic carbocycles. The maximum atomic E-state index is 8.33. The van der Waals surface area contributed by atoms with Gasteiger partial charge in [-0.05, 0) is 23.9 Å². The molecule has 0 aliphatic carbocycles. The number of aryl methyl sites for hydroxylation is 1. The fourth-order valence-corrected chi connectivity index (χ4v) is 1.24. The van der Waals surface area contributed by atoms with Gasteiger partial charge in [0.05, 0.1) is 0 Å². The van der Waals surface area contributed by atoms with Crippen molar-refractivity contribution >= 4 is 5.69 Å². The fraction of sp³-hybridized carbons (Fsp3) is 0.400. The van der Waals surface area contributed by atoms with E-state index in [0.717, 1.165) is 30.5 Å². The zero-order chi connectivity index (χ0) is 9.52. The van der Waals surface area contributed by atoms with Gasteiger partial charge >= 0.3 is 0 Å². The van der Waals surface area contributed by atoms with Gasteiger partial charge in [0, 0.05) is 10.6 Å². The molecular weight excluding hydrogens is 162 g/mol. The van der Waals surface area contributed by atoms with Crippen LogP contribution in [0.25, 0.3) is 10.4 Å². The quantitative estimate of drug-likeness (QED) is 0.377. The van der Waals surface area contributed by atoms with E-state index < -0.39 is 0 Å². The molecule has 0 N–H and O–H groups in total. The largest absolute Gasteiger partial charge is 0.0654 e. The minimum absolute atomic E-state index is 0.762. The Kier molecular flexibility index (Phi) is 3.86. The molecule has 68 valence electrons. The van der Waals surface area contributed by atoms with Gasteiger partial charge in [-0.1, -0.05) is 42.7 Å². The molecule has 0 unspecified atom stereocenters. The third-order valence-electron chi connectivity index (χ3n) is 1.94. The normalized spacial score (nSPS) is 9.31. The Hall–Kier alpha value is -1.47. The summed E-state index contributed by atoms with van der Waals surface area (Å²) in [4.78, 5) is 2.80. The van der Waals surface area contributed by atoms with Crippen molar-refractivity contribution in [1.82, 2.24) is 0 Å². The molecule has 3 nitrogen and oxygen atoms in total. The number of hydrogen-bond acceptors (Lipinski definition) is 1. The lowest BCUT2D eigenvalue weighted by Crippen LogP contribution is -1.84. The first-order valence-electron chi connectivity index (χ1n) is 4.51. The molecule has 0 bridgehead atoms. The molecule has 1 rings (SSSR count). The second-order valence-electron chi connectivity index (χ2n) is 2.92. The van der Waals surface area contributed by atoms with Crippen molar-refractivity contribution in [2.45, 2.75) is 26.2 Å². The first-order valence-corrected chi connectivity index (χ1v) is 4.51. The maximum absolute atomic E-state index is 8.33. The van der Waals surface area contributed by atoms with Crippen LogP contribution in [0, 0.1) is 0 Å². The minimum Gasteiger partial charge on any atom is -0.0654 e. The summed E-state index contributed by atoms with van der Waals surface area (Å²) in [5, 5.41) is 3.64. The molecule has 0 aromatic heterocycles. The van der Waals surface area contributed by atoms with Gasteiger partial charge in [0.1, 0.15) is 0 Å². The van der Waals surface area contributed by atoms with Crippen molar-refractivity contribution in [3.63, 3.8) is 0 Å². The molecule has 0 aliphatic rings. The Morgan fingerprint density at radius 3 is 2.85 bits per heavy atom. The minimum atomic E-state index is 0.762. The van der Waals surface area contributed by atoms with E-state index in [0.29, 0.717) is 0 Å². The number of hydrogen-bond donors (Lipinski definition) is 0. The predicted molar refractivity (Wildman–Crippen MR) is 53.9 cm³/mol. The van der Waals surface area contributed by atoms with Gasteiger partial charge in [0.15, 0.2) is 0 Å². The molecule has 0 heterocycles. The van der Waals surface area contributed by atoms with E-state index in [9.17, 15) is 0 Å². The highest BCUT2D eigenvalue weighted by atomic mass is 15.1. The van der Waals surface area contributed by atoms with E-state index in [1.807, 2.05) is 24.3 Å². The zero-order valence-corrected chi connectivity index (χ0v) is 7.77. The van der Waals surface area contributed by atoms with Crippen LogP contribution < -0.4 is 0 Å². The lowest BCUT2D eigenvalue weighted by Gasteiger charge is -2.02. The van der Waals surface area contributed by atoms with Crippen molar-refractivity contribution in [3.05, 3.63) is 40.3 Å². The summed E-state index contributed by atoms with van der Waals surface area (Å²) in [7, 11) is 0. The van der Waals surface area contributed by atoms with Gasteiger partial charge in [-0.2, -0.15) is 0 Å². The molecule has 0 spiro atoms. The number of nitrogens with zero attached hydrogens (tertiary/aromatic N) is 3. The fourth-order valence-electron chi connectivity index (χ4n) is 1.24. The van der Waals surface area contributed by atoms with Crippen LogP contribution >= 0.6 is 0 Å². The van der Waals surface area contributed by atoms with E-state index in [2.05, 4.69) is 16.9 Å². The number of unbranched alkanes of at least 4 members (excludes halogenated alkanes) is 1. The van der Waals surface area contributed by atoms with Crippen LogP contribution in [0.5, 0.6) is 0 Å². The average molecular weight is 175 g/mol. The molecule has 0 saturated carbocycles. The molecule has 1 aromatic rings. The monoisotopic (exact) mass is 175 g/mol. The third kappa shape index (κ3) is 2.80. The lowest BCUT2D eigenvalue weighted by molar-refractivity contribution is 0.795. The highest BCUT2D eigenvalue weighted by Gasteiger charge is 1.97. The van der Waals surface area contributed by atoms with Crippen molar-refractivity contribution in [1.29, 1.82) is 0 Å².